The summed E-state index contributed by atoms with van der Waals surface area (Å²) in [7, 11) is 0. The van der Waals surface area contributed by atoms with Gasteiger partial charge in [-0.2, -0.15) is 13.2 Å². The number of hydrogen-bond donors (Lipinski definition) is 1. The maximum atomic E-state index is 12.8. The van der Waals surface area contributed by atoms with Crippen molar-refractivity contribution in [3.8, 4) is 0 Å². The summed E-state index contributed by atoms with van der Waals surface area (Å²) in [6, 6.07) is 4.67. The maximum Gasteiger partial charge on any atom is 0.416 e. The first kappa shape index (κ1) is 20.7. The molecule has 154 valence electrons. The number of likely N-dealkylation sites (tertiary alicyclic amines) is 1. The normalized spacial score (nSPS) is 26.0. The molecule has 1 N–H and O–H groups in total. The Balaban J connectivity index is 1.52. The molecule has 0 aromatic heterocycles. The van der Waals surface area contributed by atoms with Crippen molar-refractivity contribution in [1.29, 1.82) is 0 Å². The Hall–Kier alpha value is -2.05. The average molecular weight is 396 g/mol. The van der Waals surface area contributed by atoms with Crippen molar-refractivity contribution in [1.82, 2.24) is 4.90 Å². The zero-order chi connectivity index (χ0) is 20.3. The Morgan fingerprint density at radius 3 is 2.39 bits per heavy atom. The van der Waals surface area contributed by atoms with Crippen molar-refractivity contribution in [2.45, 2.75) is 51.6 Å². The van der Waals surface area contributed by atoms with Crippen LogP contribution in [0.5, 0.6) is 0 Å². The Bertz CT molecular complexity index is 712. The van der Waals surface area contributed by atoms with Gasteiger partial charge in [0.2, 0.25) is 11.8 Å². The van der Waals surface area contributed by atoms with Gasteiger partial charge in [0.1, 0.15) is 0 Å². The van der Waals surface area contributed by atoms with Gasteiger partial charge >= 0.3 is 6.18 Å². The molecule has 1 saturated heterocycles. The summed E-state index contributed by atoms with van der Waals surface area (Å²) in [5.41, 5.74) is -0.629. The first-order valence-corrected chi connectivity index (χ1v) is 10.0. The number of carbonyl (C=O) groups is 2. The number of rotatable bonds is 3. The molecule has 1 saturated carbocycles. The van der Waals surface area contributed by atoms with Crippen molar-refractivity contribution in [3.63, 3.8) is 0 Å². The highest BCUT2D eigenvalue weighted by Gasteiger charge is 2.34. The second-order valence-corrected chi connectivity index (χ2v) is 8.15. The van der Waals surface area contributed by atoms with Gasteiger partial charge in [0.15, 0.2) is 0 Å². The second-order valence-electron chi connectivity index (χ2n) is 8.15. The highest BCUT2D eigenvalue weighted by molar-refractivity contribution is 5.92. The van der Waals surface area contributed by atoms with Gasteiger partial charge < -0.3 is 10.2 Å². The van der Waals surface area contributed by atoms with E-state index in [0.717, 1.165) is 38.1 Å². The van der Waals surface area contributed by atoms with E-state index in [0.29, 0.717) is 31.6 Å². The molecule has 0 radical (unpaired) electrons. The van der Waals surface area contributed by atoms with Gasteiger partial charge in [-0.05, 0) is 62.6 Å². The van der Waals surface area contributed by atoms with Gasteiger partial charge in [-0.25, -0.2) is 0 Å². The molecule has 1 unspecified atom stereocenters. The molecule has 1 heterocycles. The Morgan fingerprint density at radius 2 is 1.75 bits per heavy atom. The van der Waals surface area contributed by atoms with Crippen LogP contribution in [0.1, 0.15) is 51.0 Å². The van der Waals surface area contributed by atoms with Crippen LogP contribution in [0.3, 0.4) is 0 Å². The van der Waals surface area contributed by atoms with Gasteiger partial charge in [0.05, 0.1) is 5.56 Å². The lowest BCUT2D eigenvalue weighted by atomic mass is 9.80. The number of benzene rings is 1. The standard InChI is InChI=1S/C21H27F3N2O2/c1-14-4-3-11-26(13-14)20(28)16-9-7-15(8-10-16)19(27)25-18-6-2-5-17(12-18)21(22,23)24/h2,5-6,12,14-16H,3-4,7-11,13H2,1H3,(H,25,27). The molecule has 2 amide bonds. The summed E-state index contributed by atoms with van der Waals surface area (Å²) in [6.07, 6.45) is 0.253. The lowest BCUT2D eigenvalue weighted by Gasteiger charge is -2.35. The average Bonchev–Trinajstić information content (AvgIpc) is 2.67. The fraction of sp³-hybridized carbons (Fsp3) is 0.619. The van der Waals surface area contributed by atoms with Crippen molar-refractivity contribution >= 4 is 17.5 Å². The van der Waals surface area contributed by atoms with E-state index in [1.807, 2.05) is 4.90 Å². The van der Waals surface area contributed by atoms with Crippen molar-refractivity contribution in [2.75, 3.05) is 18.4 Å². The fourth-order valence-corrected chi connectivity index (χ4v) is 4.27. The Labute approximate surface area is 163 Å². The molecule has 2 fully saturated rings. The van der Waals surface area contributed by atoms with E-state index in [9.17, 15) is 22.8 Å². The molecule has 28 heavy (non-hydrogen) atoms. The number of amides is 2. The molecule has 1 aliphatic heterocycles. The monoisotopic (exact) mass is 396 g/mol. The van der Waals surface area contributed by atoms with E-state index in [1.165, 1.54) is 12.1 Å². The molecule has 0 bridgehead atoms. The molecule has 2 aliphatic rings. The topological polar surface area (TPSA) is 49.4 Å². The highest BCUT2D eigenvalue weighted by Crippen LogP contribution is 2.33. The van der Waals surface area contributed by atoms with Crippen LogP contribution in [0.2, 0.25) is 0 Å². The minimum absolute atomic E-state index is 0.0390. The van der Waals surface area contributed by atoms with E-state index >= 15 is 0 Å². The zero-order valence-corrected chi connectivity index (χ0v) is 16.1. The summed E-state index contributed by atoms with van der Waals surface area (Å²) in [5, 5.41) is 2.60. The SMILES string of the molecule is CC1CCCN(C(=O)C2CCC(C(=O)Nc3cccc(C(F)(F)F)c3)CC2)C1. The first-order valence-electron chi connectivity index (χ1n) is 10.0. The summed E-state index contributed by atoms with van der Waals surface area (Å²) < 4.78 is 38.4. The Kier molecular flexibility index (Phi) is 6.30. The lowest BCUT2D eigenvalue weighted by Crippen LogP contribution is -2.43. The number of halogens is 3. The predicted molar refractivity (Wildman–Crippen MR) is 100 cm³/mol. The molecule has 3 rings (SSSR count). The van der Waals surface area contributed by atoms with Crippen LogP contribution >= 0.6 is 0 Å². The second kappa shape index (κ2) is 8.53. The quantitative estimate of drug-likeness (QED) is 0.805. The lowest BCUT2D eigenvalue weighted by molar-refractivity contribution is -0.139. The molecule has 4 nitrogen and oxygen atoms in total. The number of hydrogen-bond acceptors (Lipinski definition) is 2. The van der Waals surface area contributed by atoms with Crippen molar-refractivity contribution in [3.05, 3.63) is 29.8 Å². The number of piperidine rings is 1. The number of nitrogens with one attached hydrogen (secondary N) is 1. The molecule has 7 heteroatoms. The predicted octanol–water partition coefficient (Wildman–Crippen LogP) is 4.71. The maximum absolute atomic E-state index is 12.8. The van der Waals surface area contributed by atoms with Crippen LogP contribution in [-0.2, 0) is 15.8 Å². The van der Waals surface area contributed by atoms with Gasteiger partial charge in [-0.1, -0.05) is 13.0 Å². The Morgan fingerprint density at radius 1 is 1.07 bits per heavy atom. The molecule has 1 aromatic carbocycles. The third-order valence-corrected chi connectivity index (χ3v) is 5.87. The van der Waals surface area contributed by atoms with Crippen LogP contribution in [0.4, 0.5) is 18.9 Å². The molecule has 1 aromatic rings. The number of nitrogens with zero attached hydrogens (tertiary/aromatic N) is 1. The molecule has 1 aliphatic carbocycles. The van der Waals surface area contributed by atoms with Gasteiger partial charge in [0, 0.05) is 30.6 Å². The van der Waals surface area contributed by atoms with Crippen LogP contribution < -0.4 is 5.32 Å². The summed E-state index contributed by atoms with van der Waals surface area (Å²) in [5.74, 6) is 0.161. The zero-order valence-electron chi connectivity index (χ0n) is 16.1. The van der Waals surface area contributed by atoms with E-state index in [2.05, 4.69) is 12.2 Å². The minimum Gasteiger partial charge on any atom is -0.342 e. The minimum atomic E-state index is -4.44. The van der Waals surface area contributed by atoms with Crippen LogP contribution in [-0.4, -0.2) is 29.8 Å². The van der Waals surface area contributed by atoms with E-state index in [-0.39, 0.29) is 29.3 Å². The van der Waals surface area contributed by atoms with Gasteiger partial charge in [0.25, 0.3) is 0 Å². The number of carbonyl (C=O) groups excluding carboxylic acids is 2. The smallest absolute Gasteiger partial charge is 0.342 e. The van der Waals surface area contributed by atoms with E-state index in [1.54, 1.807) is 0 Å². The molecular formula is C21H27F3N2O2. The van der Waals surface area contributed by atoms with Crippen molar-refractivity contribution < 1.29 is 22.8 Å². The summed E-state index contributed by atoms with van der Waals surface area (Å²) in [6.45, 7) is 3.79. The molecule has 0 spiro atoms. The third-order valence-electron chi connectivity index (χ3n) is 5.87. The van der Waals surface area contributed by atoms with Crippen LogP contribution in [0.15, 0.2) is 24.3 Å². The van der Waals surface area contributed by atoms with Crippen LogP contribution in [0, 0.1) is 17.8 Å². The third kappa shape index (κ3) is 5.06. The number of alkyl halides is 3. The molecular weight excluding hydrogens is 369 g/mol. The summed E-state index contributed by atoms with van der Waals surface area (Å²) in [4.78, 5) is 27.1. The van der Waals surface area contributed by atoms with Crippen molar-refractivity contribution in [2.24, 2.45) is 17.8 Å². The largest absolute Gasteiger partial charge is 0.416 e. The summed E-state index contributed by atoms with van der Waals surface area (Å²) >= 11 is 0. The first-order chi connectivity index (χ1) is 13.2. The fourth-order valence-electron chi connectivity index (χ4n) is 4.27. The number of anilines is 1. The van der Waals surface area contributed by atoms with Gasteiger partial charge in [-0.15, -0.1) is 0 Å². The molecule has 1 atom stereocenters. The van der Waals surface area contributed by atoms with E-state index < -0.39 is 11.7 Å². The van der Waals surface area contributed by atoms with Gasteiger partial charge in [-0.3, -0.25) is 9.59 Å². The van der Waals surface area contributed by atoms with E-state index in [4.69, 9.17) is 0 Å². The van der Waals surface area contributed by atoms with Crippen LogP contribution in [0.25, 0.3) is 0 Å². The highest BCUT2D eigenvalue weighted by atomic mass is 19.4.